The fraction of sp³-hybridized carbons (Fsp3) is 0. The van der Waals surface area contributed by atoms with Crippen molar-refractivity contribution >= 4 is 39.4 Å². The van der Waals surface area contributed by atoms with Crippen LogP contribution in [-0.4, -0.2) is 8.42 Å². The van der Waals surface area contributed by atoms with Gasteiger partial charge in [0.2, 0.25) is 0 Å². The van der Waals surface area contributed by atoms with Crippen LogP contribution in [0.15, 0.2) is 88.0 Å². The average Bonchev–Trinajstić information content (AvgIpc) is 2.65. The van der Waals surface area contributed by atoms with Crippen molar-refractivity contribution in [2.75, 3.05) is 5.32 Å². The Morgan fingerprint density at radius 1 is 0.840 bits per heavy atom. The quantitative estimate of drug-likeness (QED) is 0.506. The lowest BCUT2D eigenvalue weighted by Gasteiger charge is -2.21. The number of anilines is 2. The summed E-state index contributed by atoms with van der Waals surface area (Å²) in [7, 11) is -2.60. The molecule has 1 heterocycles. The topological polar surface area (TPSA) is 46.2 Å². The normalized spacial score (nSPS) is 12.2. The first-order chi connectivity index (χ1) is 12.1. The Kier molecular flexibility index (Phi) is 4.11. The number of hydrogen-bond donors (Lipinski definition) is 2. The summed E-state index contributed by atoms with van der Waals surface area (Å²) in [6.07, 6.45) is 0. The van der Waals surface area contributed by atoms with Crippen molar-refractivity contribution in [2.45, 2.75) is 14.7 Å². The zero-order valence-corrected chi connectivity index (χ0v) is 14.9. The maximum atomic E-state index is 11.2. The zero-order chi connectivity index (χ0) is 17.4. The molecular formula is C20H15NO2S2. The van der Waals surface area contributed by atoms with E-state index in [9.17, 15) is 8.42 Å². The van der Waals surface area contributed by atoms with E-state index in [1.165, 1.54) is 4.90 Å². The first kappa shape index (κ1) is 16.0. The Morgan fingerprint density at radius 3 is 2.44 bits per heavy atom. The van der Waals surface area contributed by atoms with Crippen LogP contribution in [-0.2, 0) is 10.7 Å². The molecule has 0 aliphatic carbocycles. The molecule has 4 rings (SSSR count). The zero-order valence-electron chi connectivity index (χ0n) is 13.2. The van der Waals surface area contributed by atoms with Gasteiger partial charge in [-0.25, -0.2) is 8.42 Å². The average molecular weight is 365 g/mol. The molecular weight excluding hydrogens is 350 g/mol. The molecule has 0 aromatic heterocycles. The van der Waals surface area contributed by atoms with E-state index in [4.69, 9.17) is 0 Å². The lowest BCUT2D eigenvalue weighted by atomic mass is 9.99. The minimum atomic E-state index is -2.60. The highest BCUT2D eigenvalue weighted by molar-refractivity contribution is 7.99. The third-order valence-electron chi connectivity index (χ3n) is 4.11. The molecule has 1 aliphatic heterocycles. The molecule has 124 valence electrons. The molecule has 5 heteroatoms. The molecule has 0 amide bonds. The molecule has 0 unspecified atom stereocenters. The van der Waals surface area contributed by atoms with E-state index >= 15 is 0 Å². The molecule has 1 aliphatic rings. The van der Waals surface area contributed by atoms with E-state index in [1.54, 1.807) is 30.0 Å². The van der Waals surface area contributed by atoms with Crippen LogP contribution in [0.5, 0.6) is 0 Å². The van der Waals surface area contributed by atoms with Crippen LogP contribution in [0, 0.1) is 0 Å². The number of fused-ring (bicyclic) bond motifs is 2. The van der Waals surface area contributed by atoms with Crippen molar-refractivity contribution in [1.29, 1.82) is 0 Å². The van der Waals surface area contributed by atoms with E-state index in [0.717, 1.165) is 33.0 Å². The number of nitrogens with one attached hydrogen (secondary N) is 1. The van der Waals surface area contributed by atoms with Gasteiger partial charge in [0.1, 0.15) is 0 Å². The number of para-hydroxylation sites is 1. The van der Waals surface area contributed by atoms with Crippen molar-refractivity contribution in [3.05, 3.63) is 84.4 Å². The molecule has 25 heavy (non-hydrogen) atoms. The van der Waals surface area contributed by atoms with E-state index in [1.807, 2.05) is 24.3 Å². The first-order valence-electron chi connectivity index (χ1n) is 7.74. The monoisotopic (exact) mass is 365 g/mol. The molecule has 3 nitrogen and oxygen atoms in total. The summed E-state index contributed by atoms with van der Waals surface area (Å²) >= 11 is 1.73. The fourth-order valence-corrected chi connectivity index (χ4v) is 4.22. The van der Waals surface area contributed by atoms with Gasteiger partial charge in [0.25, 0.3) is 0 Å². The van der Waals surface area contributed by atoms with Gasteiger partial charge in [-0.15, -0.1) is 0 Å². The highest BCUT2D eigenvalue weighted by atomic mass is 32.2. The first-order valence-corrected chi connectivity index (χ1v) is 9.73. The highest BCUT2D eigenvalue weighted by Crippen LogP contribution is 2.44. The maximum absolute atomic E-state index is 11.2. The summed E-state index contributed by atoms with van der Waals surface area (Å²) in [4.78, 5) is 2.66. The number of benzene rings is 3. The smallest absolute Gasteiger partial charge is 0.168 e. The summed E-state index contributed by atoms with van der Waals surface area (Å²) in [5.74, 6) is 0. The van der Waals surface area contributed by atoms with Gasteiger partial charge in [-0.1, -0.05) is 48.7 Å². The summed E-state index contributed by atoms with van der Waals surface area (Å²) in [6.45, 7) is 4.16. The predicted molar refractivity (Wildman–Crippen MR) is 103 cm³/mol. The Hall–Kier alpha value is -2.50. The van der Waals surface area contributed by atoms with Gasteiger partial charge in [0.15, 0.2) is 10.7 Å². The minimum Gasteiger partial charge on any atom is -0.354 e. The van der Waals surface area contributed by atoms with Crippen LogP contribution in [0.25, 0.3) is 5.57 Å². The predicted octanol–water partition coefficient (Wildman–Crippen LogP) is 4.93. The molecule has 0 bridgehead atoms. The van der Waals surface area contributed by atoms with Crippen LogP contribution in [0.2, 0.25) is 0 Å². The van der Waals surface area contributed by atoms with E-state index in [0.29, 0.717) is 4.90 Å². The molecule has 0 atom stereocenters. The summed E-state index contributed by atoms with van der Waals surface area (Å²) in [5.41, 5.74) is 4.69. The van der Waals surface area contributed by atoms with Crippen LogP contribution in [0.3, 0.4) is 0 Å². The third kappa shape index (κ3) is 3.08. The Labute approximate surface area is 152 Å². The number of hydrogen-bond acceptors (Lipinski definition) is 4. The van der Waals surface area contributed by atoms with Gasteiger partial charge >= 0.3 is 0 Å². The standard InChI is InChI=1S/C20H15NO2S2/c1-13(14-5-4-6-16(11-14)25(22)23)15-9-10-20-18(12-15)21-17-7-2-3-8-19(17)24-20/h2-12,21,25H,1H2. The third-order valence-corrected chi connectivity index (χ3v) is 5.96. The highest BCUT2D eigenvalue weighted by Gasteiger charge is 2.16. The minimum absolute atomic E-state index is 0.300. The van der Waals surface area contributed by atoms with E-state index in [-0.39, 0.29) is 0 Å². The molecule has 0 saturated heterocycles. The summed E-state index contributed by atoms with van der Waals surface area (Å²) in [5, 5.41) is 3.46. The number of thiol groups is 1. The van der Waals surface area contributed by atoms with Crippen LogP contribution in [0.1, 0.15) is 11.1 Å². The fourth-order valence-electron chi connectivity index (χ4n) is 2.80. The summed E-state index contributed by atoms with van der Waals surface area (Å²) in [6, 6.07) is 21.2. The largest absolute Gasteiger partial charge is 0.354 e. The lowest BCUT2D eigenvalue weighted by Crippen LogP contribution is -2.00. The second-order valence-corrected chi connectivity index (χ2v) is 7.83. The molecule has 3 aromatic rings. The van der Waals surface area contributed by atoms with Gasteiger partial charge in [-0.3, -0.25) is 0 Å². The Bertz CT molecular complexity index is 1060. The maximum Gasteiger partial charge on any atom is 0.168 e. The van der Waals surface area contributed by atoms with Crippen LogP contribution >= 0.6 is 11.8 Å². The molecule has 3 aromatic carbocycles. The SMILES string of the molecule is C=C(c1cccc([SH](=O)=O)c1)c1ccc2c(c1)Nc1ccccc1S2. The van der Waals surface area contributed by atoms with Crippen LogP contribution in [0.4, 0.5) is 11.4 Å². The summed E-state index contributed by atoms with van der Waals surface area (Å²) < 4.78 is 22.4. The number of rotatable bonds is 3. The van der Waals surface area contributed by atoms with Crippen molar-refractivity contribution < 1.29 is 8.42 Å². The van der Waals surface area contributed by atoms with E-state index < -0.39 is 10.7 Å². The van der Waals surface area contributed by atoms with Crippen molar-refractivity contribution in [2.24, 2.45) is 0 Å². The molecule has 0 saturated carbocycles. The van der Waals surface area contributed by atoms with Gasteiger partial charge in [-0.05, 0) is 53.1 Å². The van der Waals surface area contributed by atoms with Gasteiger partial charge < -0.3 is 5.32 Å². The molecule has 1 N–H and O–H groups in total. The van der Waals surface area contributed by atoms with Crippen molar-refractivity contribution in [3.8, 4) is 0 Å². The second kappa shape index (κ2) is 6.43. The van der Waals surface area contributed by atoms with Crippen LogP contribution < -0.4 is 5.32 Å². The molecule has 0 spiro atoms. The Morgan fingerprint density at radius 2 is 1.60 bits per heavy atom. The Balaban J connectivity index is 1.69. The van der Waals surface area contributed by atoms with Crippen molar-refractivity contribution in [3.63, 3.8) is 0 Å². The van der Waals surface area contributed by atoms with Gasteiger partial charge in [0.05, 0.1) is 16.3 Å². The van der Waals surface area contributed by atoms with Gasteiger partial charge in [0, 0.05) is 9.79 Å². The molecule has 0 fully saturated rings. The van der Waals surface area contributed by atoms with Crippen molar-refractivity contribution in [1.82, 2.24) is 0 Å². The van der Waals surface area contributed by atoms with Gasteiger partial charge in [-0.2, -0.15) is 0 Å². The van der Waals surface area contributed by atoms with E-state index in [2.05, 4.69) is 36.2 Å². The molecule has 0 radical (unpaired) electrons. The second-order valence-electron chi connectivity index (χ2n) is 5.72. The lowest BCUT2D eigenvalue weighted by molar-refractivity contribution is 0.614.